The van der Waals surface area contributed by atoms with Crippen molar-refractivity contribution in [1.29, 1.82) is 0 Å². The van der Waals surface area contributed by atoms with Gasteiger partial charge in [0.05, 0.1) is 31.0 Å². The summed E-state index contributed by atoms with van der Waals surface area (Å²) in [6, 6.07) is 5.39. The smallest absolute Gasteiger partial charge is 0.157 e. The van der Waals surface area contributed by atoms with E-state index in [0.717, 1.165) is 24.4 Å². The summed E-state index contributed by atoms with van der Waals surface area (Å²) in [5.74, 6) is 1.33. The van der Waals surface area contributed by atoms with Gasteiger partial charge in [-0.1, -0.05) is 5.57 Å². The first kappa shape index (κ1) is 18.2. The van der Waals surface area contributed by atoms with Gasteiger partial charge in [-0.15, -0.1) is 0 Å². The van der Waals surface area contributed by atoms with E-state index in [1.807, 2.05) is 19.1 Å². The van der Waals surface area contributed by atoms with Crippen molar-refractivity contribution in [2.24, 2.45) is 0 Å². The monoisotopic (exact) mass is 379 g/mol. The summed E-state index contributed by atoms with van der Waals surface area (Å²) in [6.07, 6.45) is 8.43. The van der Waals surface area contributed by atoms with E-state index in [9.17, 15) is 4.39 Å². The topological polar surface area (TPSA) is 64.3 Å². The Labute approximate surface area is 162 Å². The molecule has 1 unspecified atom stereocenters. The number of pyridine rings is 1. The Bertz CT molecular complexity index is 1090. The number of allylic oxidation sites excluding steroid dienone is 2. The van der Waals surface area contributed by atoms with Crippen LogP contribution < -0.4 is 5.32 Å². The second-order valence-electron chi connectivity index (χ2n) is 7.03. The molecule has 0 amide bonds. The SMILES string of the molecule is CO/C(C)=C/C1=C(C)CC(Nc2cc(-c3cncc(F)c3)nc3ccnn23)C1. The summed E-state index contributed by atoms with van der Waals surface area (Å²) in [6.45, 7) is 4.10. The van der Waals surface area contributed by atoms with Crippen LogP contribution in [-0.4, -0.2) is 32.7 Å². The van der Waals surface area contributed by atoms with Crippen LogP contribution in [0.1, 0.15) is 26.7 Å². The highest BCUT2D eigenvalue weighted by molar-refractivity contribution is 5.66. The lowest BCUT2D eigenvalue weighted by molar-refractivity contribution is 0.293. The molecule has 1 aliphatic carbocycles. The highest BCUT2D eigenvalue weighted by Gasteiger charge is 2.22. The molecule has 0 radical (unpaired) electrons. The number of aromatic nitrogens is 4. The van der Waals surface area contributed by atoms with E-state index in [1.54, 1.807) is 24.0 Å². The van der Waals surface area contributed by atoms with Crippen molar-refractivity contribution >= 4 is 11.5 Å². The molecule has 28 heavy (non-hydrogen) atoms. The average Bonchev–Trinajstić information content (AvgIpc) is 3.28. The highest BCUT2D eigenvalue weighted by Crippen LogP contribution is 2.31. The number of nitrogens with zero attached hydrogens (tertiary/aromatic N) is 4. The lowest BCUT2D eigenvalue weighted by atomic mass is 10.1. The van der Waals surface area contributed by atoms with Crippen LogP contribution in [0.3, 0.4) is 0 Å². The molecule has 3 heterocycles. The van der Waals surface area contributed by atoms with E-state index in [0.29, 0.717) is 16.9 Å². The second kappa shape index (κ2) is 7.42. The molecule has 4 rings (SSSR count). The third-order valence-corrected chi connectivity index (χ3v) is 4.98. The summed E-state index contributed by atoms with van der Waals surface area (Å²) in [5.41, 5.74) is 4.61. The first-order valence-electron chi connectivity index (χ1n) is 9.16. The largest absolute Gasteiger partial charge is 0.501 e. The standard InChI is InChI=1S/C21H22FN5O/c1-13-6-18(9-15(13)7-14(2)28-3)25-21-10-19(16-8-17(22)12-23-11-16)26-20-4-5-24-27(20)21/h4-5,7-8,10-12,18,25H,6,9H2,1-3H3/b14-7+. The van der Waals surface area contributed by atoms with E-state index in [1.165, 1.54) is 23.4 Å². The Morgan fingerprint density at radius 1 is 1.32 bits per heavy atom. The second-order valence-corrected chi connectivity index (χ2v) is 7.03. The Kier molecular flexibility index (Phi) is 4.81. The van der Waals surface area contributed by atoms with Crippen LogP contribution in [-0.2, 0) is 4.74 Å². The van der Waals surface area contributed by atoms with Crippen LogP contribution in [0, 0.1) is 5.82 Å². The maximum Gasteiger partial charge on any atom is 0.157 e. The van der Waals surface area contributed by atoms with Crippen molar-refractivity contribution in [3.63, 3.8) is 0 Å². The first-order valence-corrected chi connectivity index (χ1v) is 9.16. The van der Waals surface area contributed by atoms with Gasteiger partial charge in [-0.2, -0.15) is 9.61 Å². The van der Waals surface area contributed by atoms with Gasteiger partial charge in [-0.05, 0) is 44.4 Å². The molecular weight excluding hydrogens is 357 g/mol. The molecule has 3 aromatic rings. The van der Waals surface area contributed by atoms with Gasteiger partial charge in [0.1, 0.15) is 11.6 Å². The molecule has 144 valence electrons. The third kappa shape index (κ3) is 3.60. The Morgan fingerprint density at radius 3 is 2.96 bits per heavy atom. The predicted octanol–water partition coefficient (Wildman–Crippen LogP) is 4.37. The molecule has 0 aliphatic heterocycles. The van der Waals surface area contributed by atoms with E-state index in [-0.39, 0.29) is 11.9 Å². The number of methoxy groups -OCH3 is 1. The number of hydrogen-bond donors (Lipinski definition) is 1. The fourth-order valence-electron chi connectivity index (χ4n) is 3.53. The Hall–Kier alpha value is -3.22. The molecule has 0 spiro atoms. The van der Waals surface area contributed by atoms with Crippen LogP contribution in [0.25, 0.3) is 16.9 Å². The maximum atomic E-state index is 13.6. The lowest BCUT2D eigenvalue weighted by Crippen LogP contribution is -2.18. The van der Waals surface area contributed by atoms with Crippen molar-refractivity contribution in [1.82, 2.24) is 19.6 Å². The van der Waals surface area contributed by atoms with Gasteiger partial charge in [-0.3, -0.25) is 4.98 Å². The van der Waals surface area contributed by atoms with Gasteiger partial charge in [0, 0.05) is 29.9 Å². The zero-order valence-corrected chi connectivity index (χ0v) is 16.1. The van der Waals surface area contributed by atoms with Crippen LogP contribution in [0.15, 0.2) is 59.8 Å². The van der Waals surface area contributed by atoms with E-state index in [4.69, 9.17) is 4.74 Å². The molecule has 0 saturated carbocycles. The van der Waals surface area contributed by atoms with Crippen molar-refractivity contribution in [3.8, 4) is 11.3 Å². The quantitative estimate of drug-likeness (QED) is 0.667. The molecule has 1 atom stereocenters. The molecule has 0 fully saturated rings. The van der Waals surface area contributed by atoms with Crippen LogP contribution in [0.2, 0.25) is 0 Å². The zero-order valence-electron chi connectivity index (χ0n) is 16.1. The van der Waals surface area contributed by atoms with E-state index >= 15 is 0 Å². The molecule has 1 N–H and O–H groups in total. The summed E-state index contributed by atoms with van der Waals surface area (Å²) >= 11 is 0. The molecule has 1 aliphatic rings. The molecular formula is C21H22FN5O. The Balaban J connectivity index is 1.64. The van der Waals surface area contributed by atoms with Gasteiger partial charge in [-0.25, -0.2) is 9.37 Å². The Morgan fingerprint density at radius 2 is 2.18 bits per heavy atom. The highest BCUT2D eigenvalue weighted by atomic mass is 19.1. The molecule has 0 bridgehead atoms. The van der Waals surface area contributed by atoms with Gasteiger partial charge in [0.2, 0.25) is 0 Å². The van der Waals surface area contributed by atoms with Gasteiger partial charge in [0.25, 0.3) is 0 Å². The average molecular weight is 379 g/mol. The van der Waals surface area contributed by atoms with Gasteiger partial charge < -0.3 is 10.1 Å². The van der Waals surface area contributed by atoms with E-state index in [2.05, 4.69) is 33.4 Å². The maximum absolute atomic E-state index is 13.6. The zero-order chi connectivity index (χ0) is 19.7. The molecule has 0 saturated heterocycles. The molecule has 6 nitrogen and oxygen atoms in total. The van der Waals surface area contributed by atoms with Gasteiger partial charge in [0.15, 0.2) is 5.65 Å². The van der Waals surface area contributed by atoms with Crippen molar-refractivity contribution in [2.75, 3.05) is 12.4 Å². The minimum atomic E-state index is -0.386. The number of halogens is 1. The van der Waals surface area contributed by atoms with Crippen molar-refractivity contribution < 1.29 is 9.13 Å². The number of nitrogens with one attached hydrogen (secondary N) is 1. The number of ether oxygens (including phenoxy) is 1. The number of rotatable bonds is 5. The summed E-state index contributed by atoms with van der Waals surface area (Å²) in [4.78, 5) is 8.51. The van der Waals surface area contributed by atoms with Gasteiger partial charge >= 0.3 is 0 Å². The van der Waals surface area contributed by atoms with Crippen molar-refractivity contribution in [3.05, 3.63) is 65.6 Å². The fourth-order valence-corrected chi connectivity index (χ4v) is 3.53. The van der Waals surface area contributed by atoms with Crippen LogP contribution >= 0.6 is 0 Å². The molecule has 3 aromatic heterocycles. The van der Waals surface area contributed by atoms with Crippen LogP contribution in [0.4, 0.5) is 10.2 Å². The lowest BCUT2D eigenvalue weighted by Gasteiger charge is -2.16. The number of anilines is 1. The van der Waals surface area contributed by atoms with E-state index < -0.39 is 0 Å². The van der Waals surface area contributed by atoms with Crippen molar-refractivity contribution in [2.45, 2.75) is 32.7 Å². The summed E-state index contributed by atoms with van der Waals surface area (Å²) in [7, 11) is 1.68. The molecule has 7 heteroatoms. The summed E-state index contributed by atoms with van der Waals surface area (Å²) < 4.78 is 20.7. The summed E-state index contributed by atoms with van der Waals surface area (Å²) in [5, 5.41) is 7.95. The number of fused-ring (bicyclic) bond motifs is 1. The fraction of sp³-hybridized carbons (Fsp3) is 0.286. The molecule has 0 aromatic carbocycles. The minimum absolute atomic E-state index is 0.240. The van der Waals surface area contributed by atoms with Crippen LogP contribution in [0.5, 0.6) is 0 Å². The first-order chi connectivity index (χ1) is 13.5. The predicted molar refractivity (Wildman–Crippen MR) is 106 cm³/mol. The third-order valence-electron chi connectivity index (χ3n) is 4.98. The number of hydrogen-bond acceptors (Lipinski definition) is 5. The minimum Gasteiger partial charge on any atom is -0.501 e. The normalized spacial score (nSPS) is 17.4.